The van der Waals surface area contributed by atoms with Crippen molar-refractivity contribution >= 4 is 11.6 Å². The van der Waals surface area contributed by atoms with Crippen molar-refractivity contribution in [3.8, 4) is 22.6 Å². The zero-order valence-corrected chi connectivity index (χ0v) is 15.6. The fraction of sp³-hybridized carbons (Fsp3) is 0.429. The van der Waals surface area contributed by atoms with Gasteiger partial charge < -0.3 is 15.2 Å². The fourth-order valence-corrected chi connectivity index (χ4v) is 4.18. The Hall–Kier alpha value is -1.75. The molecule has 2 aromatic carbocycles. The molecule has 0 aromatic heterocycles. The molecule has 0 radical (unpaired) electrons. The second-order valence-corrected chi connectivity index (χ2v) is 7.73. The Kier molecular flexibility index (Phi) is 5.34. The Labute approximate surface area is 159 Å². The highest BCUT2D eigenvalue weighted by molar-refractivity contribution is 6.30. The molecule has 1 saturated heterocycles. The zero-order valence-electron chi connectivity index (χ0n) is 14.9. The lowest BCUT2D eigenvalue weighted by Crippen LogP contribution is -2.38. The molecule has 0 aliphatic carbocycles. The minimum atomic E-state index is 0.207. The van der Waals surface area contributed by atoms with E-state index in [1.54, 1.807) is 6.07 Å². The van der Waals surface area contributed by atoms with Gasteiger partial charge in [-0.05, 0) is 67.2 Å². The first-order chi connectivity index (χ1) is 12.7. The van der Waals surface area contributed by atoms with Crippen molar-refractivity contribution in [1.82, 2.24) is 10.2 Å². The maximum atomic E-state index is 10.5. The van der Waals surface area contributed by atoms with Gasteiger partial charge in [0.15, 0.2) is 11.5 Å². The minimum Gasteiger partial charge on any atom is -0.504 e. The van der Waals surface area contributed by atoms with Gasteiger partial charge in [-0.1, -0.05) is 23.7 Å². The topological polar surface area (TPSA) is 44.7 Å². The Bertz CT molecular complexity index is 775. The van der Waals surface area contributed by atoms with Crippen LogP contribution in [0, 0.1) is 5.92 Å². The van der Waals surface area contributed by atoms with E-state index >= 15 is 0 Å². The number of nitrogens with one attached hydrogen (secondary N) is 1. The van der Waals surface area contributed by atoms with E-state index in [2.05, 4.69) is 16.3 Å². The Morgan fingerprint density at radius 1 is 1.23 bits per heavy atom. The van der Waals surface area contributed by atoms with Crippen LogP contribution < -0.4 is 10.1 Å². The molecule has 1 atom stereocenters. The molecule has 26 heavy (non-hydrogen) atoms. The molecule has 2 aliphatic heterocycles. The van der Waals surface area contributed by atoms with Crippen LogP contribution in [-0.4, -0.2) is 42.8 Å². The van der Waals surface area contributed by atoms with E-state index in [9.17, 15) is 5.11 Å². The molecule has 0 unspecified atom stereocenters. The largest absolute Gasteiger partial charge is 0.504 e. The van der Waals surface area contributed by atoms with Crippen LogP contribution in [0.4, 0.5) is 0 Å². The summed E-state index contributed by atoms with van der Waals surface area (Å²) in [4.78, 5) is 2.45. The van der Waals surface area contributed by atoms with Gasteiger partial charge in [0.05, 0.1) is 0 Å². The predicted molar refractivity (Wildman–Crippen MR) is 105 cm³/mol. The van der Waals surface area contributed by atoms with E-state index in [4.69, 9.17) is 16.3 Å². The second kappa shape index (κ2) is 7.87. The van der Waals surface area contributed by atoms with Gasteiger partial charge >= 0.3 is 0 Å². The molecule has 2 aliphatic rings. The molecule has 1 fully saturated rings. The molecule has 0 amide bonds. The smallest absolute Gasteiger partial charge is 0.165 e. The fourth-order valence-electron chi connectivity index (χ4n) is 3.99. The highest BCUT2D eigenvalue weighted by Crippen LogP contribution is 2.38. The number of benzene rings is 2. The van der Waals surface area contributed by atoms with Gasteiger partial charge in [0.2, 0.25) is 0 Å². The van der Waals surface area contributed by atoms with Crippen LogP contribution in [0.15, 0.2) is 36.4 Å². The third-order valence-corrected chi connectivity index (χ3v) is 5.50. The summed E-state index contributed by atoms with van der Waals surface area (Å²) in [6.45, 7) is 5.59. The third-order valence-electron chi connectivity index (χ3n) is 5.27. The van der Waals surface area contributed by atoms with Gasteiger partial charge in [0, 0.05) is 30.2 Å². The van der Waals surface area contributed by atoms with Crippen LogP contribution in [0.3, 0.4) is 0 Å². The molecule has 2 aromatic rings. The van der Waals surface area contributed by atoms with Crippen molar-refractivity contribution < 1.29 is 9.84 Å². The number of fused-ring (bicyclic) bond motifs is 1. The average Bonchev–Trinajstić information content (AvgIpc) is 2.85. The van der Waals surface area contributed by atoms with Crippen molar-refractivity contribution in [3.05, 3.63) is 47.0 Å². The van der Waals surface area contributed by atoms with Crippen molar-refractivity contribution in [2.24, 2.45) is 5.92 Å². The van der Waals surface area contributed by atoms with Gasteiger partial charge in [-0.2, -0.15) is 0 Å². The van der Waals surface area contributed by atoms with Crippen LogP contribution in [0.2, 0.25) is 5.02 Å². The number of hydrogen-bond acceptors (Lipinski definition) is 4. The lowest BCUT2D eigenvalue weighted by molar-refractivity contribution is 0.182. The monoisotopic (exact) mass is 372 g/mol. The molecule has 5 heteroatoms. The molecule has 2 N–H and O–H groups in total. The van der Waals surface area contributed by atoms with Crippen molar-refractivity contribution in [2.45, 2.75) is 19.4 Å². The second-order valence-electron chi connectivity index (χ2n) is 7.29. The number of rotatable bonds is 3. The number of piperidine rings is 1. The molecule has 4 nitrogen and oxygen atoms in total. The number of halogens is 1. The summed E-state index contributed by atoms with van der Waals surface area (Å²) in [5.74, 6) is 1.52. The lowest BCUT2D eigenvalue weighted by Gasteiger charge is -2.29. The number of nitrogens with zero attached hydrogens (tertiary/aromatic N) is 1. The molecule has 0 saturated carbocycles. The van der Waals surface area contributed by atoms with E-state index in [1.165, 1.54) is 12.8 Å². The zero-order chi connectivity index (χ0) is 17.9. The molecular formula is C21H25ClN2O2. The van der Waals surface area contributed by atoms with E-state index in [1.807, 2.05) is 24.3 Å². The summed E-state index contributed by atoms with van der Waals surface area (Å²) < 4.78 is 5.88. The van der Waals surface area contributed by atoms with Gasteiger partial charge in [-0.3, -0.25) is 4.90 Å². The van der Waals surface area contributed by atoms with E-state index < -0.39 is 0 Å². The quantitative estimate of drug-likeness (QED) is 0.857. The molecular weight excluding hydrogens is 348 g/mol. The number of phenols is 1. The van der Waals surface area contributed by atoms with Gasteiger partial charge in [0.1, 0.15) is 6.61 Å². The van der Waals surface area contributed by atoms with Crippen LogP contribution >= 0.6 is 11.6 Å². The highest BCUT2D eigenvalue weighted by atomic mass is 35.5. The Morgan fingerprint density at radius 2 is 2.15 bits per heavy atom. The summed E-state index contributed by atoms with van der Waals surface area (Å²) in [7, 11) is 0. The van der Waals surface area contributed by atoms with Crippen LogP contribution in [0.5, 0.6) is 11.5 Å². The summed E-state index contributed by atoms with van der Waals surface area (Å²) in [5, 5.41) is 14.7. The van der Waals surface area contributed by atoms with Gasteiger partial charge in [0.25, 0.3) is 0 Å². The molecule has 138 valence electrons. The van der Waals surface area contributed by atoms with Crippen LogP contribution in [0.25, 0.3) is 11.1 Å². The average molecular weight is 373 g/mol. The minimum absolute atomic E-state index is 0.207. The van der Waals surface area contributed by atoms with Crippen molar-refractivity contribution in [3.63, 3.8) is 0 Å². The molecule has 0 spiro atoms. The van der Waals surface area contributed by atoms with Crippen LogP contribution in [0.1, 0.15) is 18.4 Å². The van der Waals surface area contributed by atoms with Crippen molar-refractivity contribution in [1.29, 1.82) is 0 Å². The first kappa shape index (κ1) is 17.7. The number of ether oxygens (including phenoxy) is 1. The lowest BCUT2D eigenvalue weighted by atomic mass is 9.98. The Balaban J connectivity index is 1.59. The standard InChI is InChI=1S/C21H25ClN2O2/c22-19-5-1-4-16(10-19)17-9-18-14-24(13-15-3-2-6-23-12-15)7-8-26-21(18)20(25)11-17/h1,4-5,9-11,15,23,25H,2-3,6-8,12-14H2/t15-/m0/s1. The first-order valence-corrected chi connectivity index (χ1v) is 9.74. The maximum Gasteiger partial charge on any atom is 0.165 e. The van der Waals surface area contributed by atoms with Crippen molar-refractivity contribution in [2.75, 3.05) is 32.8 Å². The predicted octanol–water partition coefficient (Wildman–Crippen LogP) is 3.91. The van der Waals surface area contributed by atoms with Gasteiger partial charge in [-0.25, -0.2) is 0 Å². The summed E-state index contributed by atoms with van der Waals surface area (Å²) in [5.41, 5.74) is 3.01. The summed E-state index contributed by atoms with van der Waals surface area (Å²) in [6, 6.07) is 11.6. The van der Waals surface area contributed by atoms with E-state index in [0.29, 0.717) is 23.3 Å². The number of hydrogen-bond donors (Lipinski definition) is 2. The first-order valence-electron chi connectivity index (χ1n) is 9.37. The summed E-state index contributed by atoms with van der Waals surface area (Å²) >= 11 is 6.13. The highest BCUT2D eigenvalue weighted by Gasteiger charge is 2.23. The summed E-state index contributed by atoms with van der Waals surface area (Å²) in [6.07, 6.45) is 2.54. The van der Waals surface area contributed by atoms with E-state index in [0.717, 1.165) is 49.4 Å². The normalized spacial score (nSPS) is 20.9. The Morgan fingerprint density at radius 3 is 2.96 bits per heavy atom. The van der Waals surface area contributed by atoms with E-state index in [-0.39, 0.29) is 5.75 Å². The SMILES string of the molecule is Oc1cc(-c2cccc(Cl)c2)cc2c1OCCN(C[C@H]1CCCNC1)C2. The van der Waals surface area contributed by atoms with Crippen LogP contribution in [-0.2, 0) is 6.54 Å². The van der Waals surface area contributed by atoms with Gasteiger partial charge in [-0.15, -0.1) is 0 Å². The molecule has 4 rings (SSSR count). The molecule has 0 bridgehead atoms. The maximum absolute atomic E-state index is 10.5. The third kappa shape index (κ3) is 3.98. The molecule has 2 heterocycles. The number of phenolic OH excluding ortho intramolecular Hbond substituents is 1. The number of aromatic hydroxyl groups is 1.